The van der Waals surface area contributed by atoms with Gasteiger partial charge in [-0.05, 0) is 5.92 Å². The molecule has 0 aromatic rings. The van der Waals surface area contributed by atoms with E-state index in [0.717, 1.165) is 12.3 Å². The Labute approximate surface area is 142 Å². The molecule has 1 radical (unpaired) electrons. The molecule has 0 bridgehead atoms. The molecule has 0 aromatic heterocycles. The van der Waals surface area contributed by atoms with Crippen LogP contribution in [0.15, 0.2) is 0 Å². The lowest BCUT2D eigenvalue weighted by molar-refractivity contribution is 0.408. The Morgan fingerprint density at radius 1 is 0.500 bits per heavy atom. The molecule has 0 aliphatic carbocycles. The molecular weight excluding hydrogens is 264 g/mol. The molecule has 0 aliphatic rings. The molecule has 0 aliphatic heterocycles. The Morgan fingerprint density at radius 2 is 0.818 bits per heavy atom. The van der Waals surface area contributed by atoms with E-state index in [0.29, 0.717) is 0 Å². The predicted molar refractivity (Wildman–Crippen MR) is 103 cm³/mol. The molecule has 0 amide bonds. The first kappa shape index (κ1) is 22.0. The van der Waals surface area contributed by atoms with Crippen molar-refractivity contribution < 1.29 is 0 Å². The van der Waals surface area contributed by atoms with Gasteiger partial charge in [-0.1, -0.05) is 136 Å². The van der Waals surface area contributed by atoms with Crippen molar-refractivity contribution in [2.24, 2.45) is 5.92 Å². The Hall–Kier alpha value is 0. The van der Waals surface area contributed by atoms with Crippen molar-refractivity contribution in [2.75, 3.05) is 0 Å². The first-order valence-corrected chi connectivity index (χ1v) is 10.6. The van der Waals surface area contributed by atoms with E-state index in [2.05, 4.69) is 20.8 Å². The smallest absolute Gasteiger partial charge is 0.0414 e. The average Bonchev–Trinajstić information content (AvgIpc) is 2.54. The van der Waals surface area contributed by atoms with Crippen LogP contribution in [0, 0.1) is 12.8 Å². The third-order valence-electron chi connectivity index (χ3n) is 5.09. The maximum Gasteiger partial charge on any atom is -0.0414 e. The molecule has 133 valence electrons. The minimum atomic E-state index is 0.912. The first-order chi connectivity index (χ1) is 10.8. The van der Waals surface area contributed by atoms with Gasteiger partial charge in [0, 0.05) is 0 Å². The molecule has 1 atom stereocenters. The average molecular weight is 310 g/mol. The van der Waals surface area contributed by atoms with Crippen LogP contribution in [0.2, 0.25) is 0 Å². The summed E-state index contributed by atoms with van der Waals surface area (Å²) < 4.78 is 0. The highest BCUT2D eigenvalue weighted by Crippen LogP contribution is 2.21. The summed E-state index contributed by atoms with van der Waals surface area (Å²) in [4.78, 5) is 0. The van der Waals surface area contributed by atoms with E-state index in [1.165, 1.54) is 109 Å². The number of rotatable bonds is 18. The number of hydrogen-bond donors (Lipinski definition) is 0. The Balaban J connectivity index is 3.18. The summed E-state index contributed by atoms with van der Waals surface area (Å²) in [5.74, 6) is 0.912. The lowest BCUT2D eigenvalue weighted by Gasteiger charge is -2.14. The SMILES string of the molecule is [CH2]CC(CCCCC)CCCCCCCCCCCCCC. The van der Waals surface area contributed by atoms with Crippen LogP contribution in [-0.4, -0.2) is 0 Å². The maximum absolute atomic E-state index is 4.14. The van der Waals surface area contributed by atoms with Crippen molar-refractivity contribution in [3.05, 3.63) is 6.92 Å². The lowest BCUT2D eigenvalue weighted by atomic mass is 9.92. The first-order valence-electron chi connectivity index (χ1n) is 10.6. The second-order valence-electron chi connectivity index (χ2n) is 7.33. The van der Waals surface area contributed by atoms with Gasteiger partial charge in [0.15, 0.2) is 0 Å². The Morgan fingerprint density at radius 3 is 1.23 bits per heavy atom. The molecule has 0 rings (SSSR count). The second kappa shape index (κ2) is 19.0. The standard InChI is InChI=1S/C22H45/c1-4-7-9-10-11-12-13-14-15-16-17-19-21-22(6-3)20-18-8-5-2/h22H,3-21H2,1-2H3. The van der Waals surface area contributed by atoms with E-state index in [4.69, 9.17) is 0 Å². The fourth-order valence-corrected chi connectivity index (χ4v) is 3.39. The third kappa shape index (κ3) is 16.4. The fraction of sp³-hybridized carbons (Fsp3) is 0.955. The highest BCUT2D eigenvalue weighted by Gasteiger charge is 2.05. The zero-order chi connectivity index (χ0) is 16.3. The van der Waals surface area contributed by atoms with Crippen LogP contribution in [0.1, 0.15) is 129 Å². The Bertz CT molecular complexity index is 184. The van der Waals surface area contributed by atoms with Gasteiger partial charge in [0.1, 0.15) is 0 Å². The van der Waals surface area contributed by atoms with Gasteiger partial charge in [-0.2, -0.15) is 0 Å². The largest absolute Gasteiger partial charge is 0.0654 e. The summed E-state index contributed by atoms with van der Waals surface area (Å²) in [6, 6.07) is 0. The van der Waals surface area contributed by atoms with Crippen molar-refractivity contribution >= 4 is 0 Å². The molecule has 0 N–H and O–H groups in total. The van der Waals surface area contributed by atoms with E-state index >= 15 is 0 Å². The van der Waals surface area contributed by atoms with Gasteiger partial charge in [0.05, 0.1) is 0 Å². The summed E-state index contributed by atoms with van der Waals surface area (Å²) >= 11 is 0. The third-order valence-corrected chi connectivity index (χ3v) is 5.09. The van der Waals surface area contributed by atoms with Gasteiger partial charge in [-0.25, -0.2) is 0 Å². The quantitative estimate of drug-likeness (QED) is 0.223. The van der Waals surface area contributed by atoms with Crippen LogP contribution in [0.5, 0.6) is 0 Å². The van der Waals surface area contributed by atoms with Crippen molar-refractivity contribution in [2.45, 2.75) is 129 Å². The highest BCUT2D eigenvalue weighted by molar-refractivity contribution is 4.61. The van der Waals surface area contributed by atoms with Gasteiger partial charge in [-0.15, -0.1) is 0 Å². The number of hydrogen-bond acceptors (Lipinski definition) is 0. The lowest BCUT2D eigenvalue weighted by Crippen LogP contribution is -1.99. The second-order valence-corrected chi connectivity index (χ2v) is 7.33. The summed E-state index contributed by atoms with van der Waals surface area (Å²) in [7, 11) is 0. The van der Waals surface area contributed by atoms with Crippen molar-refractivity contribution in [3.8, 4) is 0 Å². The maximum atomic E-state index is 4.14. The van der Waals surface area contributed by atoms with E-state index in [1.54, 1.807) is 0 Å². The van der Waals surface area contributed by atoms with Crippen molar-refractivity contribution in [1.29, 1.82) is 0 Å². The van der Waals surface area contributed by atoms with Crippen LogP contribution in [0.25, 0.3) is 0 Å². The van der Waals surface area contributed by atoms with Gasteiger partial charge < -0.3 is 0 Å². The summed E-state index contributed by atoms with van der Waals surface area (Å²) in [5, 5.41) is 0. The van der Waals surface area contributed by atoms with Crippen molar-refractivity contribution in [1.82, 2.24) is 0 Å². The molecule has 1 unspecified atom stereocenters. The monoisotopic (exact) mass is 309 g/mol. The predicted octanol–water partition coefficient (Wildman–Crippen LogP) is 8.50. The minimum Gasteiger partial charge on any atom is -0.0654 e. The molecule has 0 aromatic carbocycles. The minimum absolute atomic E-state index is 0.912. The molecule has 22 heavy (non-hydrogen) atoms. The van der Waals surface area contributed by atoms with Crippen LogP contribution in [0.4, 0.5) is 0 Å². The van der Waals surface area contributed by atoms with E-state index in [-0.39, 0.29) is 0 Å². The highest BCUT2D eigenvalue weighted by atomic mass is 14.1. The van der Waals surface area contributed by atoms with E-state index in [1.807, 2.05) is 0 Å². The van der Waals surface area contributed by atoms with Crippen LogP contribution >= 0.6 is 0 Å². The van der Waals surface area contributed by atoms with Crippen molar-refractivity contribution in [3.63, 3.8) is 0 Å². The summed E-state index contributed by atoms with van der Waals surface area (Å²) in [6.45, 7) is 8.73. The topological polar surface area (TPSA) is 0 Å². The summed E-state index contributed by atoms with van der Waals surface area (Å²) in [6.07, 6.45) is 25.7. The molecule has 0 spiro atoms. The van der Waals surface area contributed by atoms with Crippen LogP contribution < -0.4 is 0 Å². The molecule has 0 heterocycles. The molecule has 0 nitrogen and oxygen atoms in total. The molecule has 0 saturated carbocycles. The van der Waals surface area contributed by atoms with Crippen LogP contribution in [0.3, 0.4) is 0 Å². The van der Waals surface area contributed by atoms with Gasteiger partial charge in [-0.3, -0.25) is 0 Å². The zero-order valence-corrected chi connectivity index (χ0v) is 16.0. The van der Waals surface area contributed by atoms with E-state index in [9.17, 15) is 0 Å². The molecule has 0 heteroatoms. The van der Waals surface area contributed by atoms with Crippen LogP contribution in [-0.2, 0) is 0 Å². The van der Waals surface area contributed by atoms with Gasteiger partial charge in [0.2, 0.25) is 0 Å². The number of unbranched alkanes of at least 4 members (excludes halogenated alkanes) is 13. The fourth-order valence-electron chi connectivity index (χ4n) is 3.39. The zero-order valence-electron chi connectivity index (χ0n) is 16.0. The van der Waals surface area contributed by atoms with E-state index < -0.39 is 0 Å². The molecular formula is C22H45. The van der Waals surface area contributed by atoms with Gasteiger partial charge >= 0.3 is 0 Å². The Kier molecular flexibility index (Phi) is 19.0. The van der Waals surface area contributed by atoms with Gasteiger partial charge in [0.25, 0.3) is 0 Å². The molecule has 0 saturated heterocycles. The summed E-state index contributed by atoms with van der Waals surface area (Å²) in [5.41, 5.74) is 0. The molecule has 0 fully saturated rings. The normalized spacial score (nSPS) is 12.7.